The molecule has 1 aromatic rings. The summed E-state index contributed by atoms with van der Waals surface area (Å²) in [6.07, 6.45) is 7.85. The van der Waals surface area contributed by atoms with Crippen molar-refractivity contribution in [2.24, 2.45) is 0 Å². The largest absolute Gasteiger partial charge is 0.398 e. The first-order valence-electron chi connectivity index (χ1n) is 5.16. The number of rotatable bonds is 4. The lowest BCUT2D eigenvalue weighted by molar-refractivity contribution is 0.615. The summed E-state index contributed by atoms with van der Waals surface area (Å²) >= 11 is 0. The third kappa shape index (κ3) is 3.09. The molecule has 0 spiro atoms. The van der Waals surface area contributed by atoms with Gasteiger partial charge in [0.25, 0.3) is 0 Å². The number of nitrogen functional groups attached to an aromatic ring is 1. The molecule has 2 heteroatoms. The van der Waals surface area contributed by atoms with Gasteiger partial charge in [0.1, 0.15) is 5.82 Å². The summed E-state index contributed by atoms with van der Waals surface area (Å²) in [6, 6.07) is 4.75. The molecule has 1 nitrogen and oxygen atoms in total. The van der Waals surface area contributed by atoms with Crippen molar-refractivity contribution in [3.8, 4) is 0 Å². The average molecular weight is 217 g/mol. The number of hydrogen-bond donors (Lipinski definition) is 1. The summed E-state index contributed by atoms with van der Waals surface area (Å²) in [5.41, 5.74) is 7.79. The van der Waals surface area contributed by atoms with Gasteiger partial charge in [-0.25, -0.2) is 4.39 Å². The number of anilines is 1. The second-order valence-corrected chi connectivity index (χ2v) is 3.44. The van der Waals surface area contributed by atoms with Crippen LogP contribution in [0.2, 0.25) is 0 Å². The van der Waals surface area contributed by atoms with Crippen molar-refractivity contribution in [2.75, 3.05) is 5.73 Å². The average Bonchev–Trinajstić information content (AvgIpc) is 2.28. The Labute approximate surface area is 95.8 Å². The molecule has 2 N–H and O–H groups in total. The van der Waals surface area contributed by atoms with E-state index in [9.17, 15) is 4.39 Å². The second kappa shape index (κ2) is 5.91. The van der Waals surface area contributed by atoms with Crippen LogP contribution in [0.15, 0.2) is 54.7 Å². The van der Waals surface area contributed by atoms with Gasteiger partial charge < -0.3 is 5.73 Å². The number of nitrogens with two attached hydrogens (primary N) is 1. The van der Waals surface area contributed by atoms with Gasteiger partial charge in [0.2, 0.25) is 0 Å². The maximum Gasteiger partial charge on any atom is 0.128 e. The lowest BCUT2D eigenvalue weighted by Crippen LogP contribution is -1.99. The van der Waals surface area contributed by atoms with Crippen LogP contribution >= 0.6 is 0 Å². The predicted octanol–water partition coefficient (Wildman–Crippen LogP) is 3.64. The van der Waals surface area contributed by atoms with Gasteiger partial charge in [-0.05, 0) is 24.6 Å². The van der Waals surface area contributed by atoms with E-state index in [4.69, 9.17) is 5.73 Å². The van der Waals surface area contributed by atoms with Crippen molar-refractivity contribution in [1.82, 2.24) is 0 Å². The quantitative estimate of drug-likeness (QED) is 0.604. The fourth-order valence-corrected chi connectivity index (χ4v) is 1.41. The van der Waals surface area contributed by atoms with E-state index in [1.54, 1.807) is 18.2 Å². The molecule has 0 fully saturated rings. The lowest BCUT2D eigenvalue weighted by atomic mass is 10.0. The highest BCUT2D eigenvalue weighted by atomic mass is 19.1. The fraction of sp³-hybridized carbons (Fsp3) is 0.143. The predicted molar refractivity (Wildman–Crippen MR) is 67.6 cm³/mol. The van der Waals surface area contributed by atoms with Crippen molar-refractivity contribution in [2.45, 2.75) is 13.3 Å². The number of allylic oxidation sites excluding steroid dienone is 5. The third-order valence-electron chi connectivity index (χ3n) is 2.35. The van der Waals surface area contributed by atoms with Crippen LogP contribution in [0.4, 0.5) is 10.1 Å². The van der Waals surface area contributed by atoms with Crippen molar-refractivity contribution in [3.63, 3.8) is 0 Å². The highest BCUT2D eigenvalue weighted by Gasteiger charge is 2.06. The molecule has 0 saturated heterocycles. The summed E-state index contributed by atoms with van der Waals surface area (Å²) in [6.45, 7) is 5.51. The second-order valence-electron chi connectivity index (χ2n) is 3.44. The van der Waals surface area contributed by atoms with E-state index in [1.807, 2.05) is 25.2 Å². The van der Waals surface area contributed by atoms with Gasteiger partial charge in [-0.2, -0.15) is 0 Å². The fourth-order valence-electron chi connectivity index (χ4n) is 1.41. The Morgan fingerprint density at radius 1 is 1.50 bits per heavy atom. The van der Waals surface area contributed by atoms with Gasteiger partial charge in [0.15, 0.2) is 0 Å². The smallest absolute Gasteiger partial charge is 0.128 e. The van der Waals surface area contributed by atoms with Crippen molar-refractivity contribution >= 4 is 5.69 Å². The molecule has 0 aromatic heterocycles. The molecular formula is C14H16FN. The maximum atomic E-state index is 13.5. The lowest BCUT2D eigenvalue weighted by Gasteiger charge is -2.07. The Kier molecular flexibility index (Phi) is 4.52. The zero-order chi connectivity index (χ0) is 12.0. The van der Waals surface area contributed by atoms with E-state index < -0.39 is 0 Å². The van der Waals surface area contributed by atoms with Crippen LogP contribution in [-0.4, -0.2) is 0 Å². The minimum Gasteiger partial charge on any atom is -0.398 e. The Hall–Kier alpha value is -1.83. The Morgan fingerprint density at radius 2 is 2.25 bits per heavy atom. The van der Waals surface area contributed by atoms with Gasteiger partial charge in [-0.3, -0.25) is 0 Å². The normalized spacial score (nSPS) is 12.0. The van der Waals surface area contributed by atoms with Crippen molar-refractivity contribution < 1.29 is 4.39 Å². The van der Waals surface area contributed by atoms with E-state index >= 15 is 0 Å². The van der Waals surface area contributed by atoms with Crippen LogP contribution in [0, 0.1) is 5.82 Å². The van der Waals surface area contributed by atoms with Crippen LogP contribution in [0.5, 0.6) is 0 Å². The number of halogens is 1. The first kappa shape index (κ1) is 12.2. The van der Waals surface area contributed by atoms with Gasteiger partial charge >= 0.3 is 0 Å². The van der Waals surface area contributed by atoms with E-state index in [-0.39, 0.29) is 5.82 Å². The molecule has 0 bridgehead atoms. The van der Waals surface area contributed by atoms with E-state index in [0.29, 0.717) is 17.7 Å². The Bertz CT molecular complexity index is 410. The Balaban J connectivity index is 2.95. The zero-order valence-corrected chi connectivity index (χ0v) is 9.41. The molecule has 0 heterocycles. The van der Waals surface area contributed by atoms with Crippen LogP contribution in [-0.2, 0) is 6.42 Å². The molecule has 0 radical (unpaired) electrons. The summed E-state index contributed by atoms with van der Waals surface area (Å²) < 4.78 is 13.5. The van der Waals surface area contributed by atoms with E-state index in [1.165, 1.54) is 6.07 Å². The van der Waals surface area contributed by atoms with Gasteiger partial charge in [0.05, 0.1) is 0 Å². The number of benzene rings is 1. The molecular weight excluding hydrogens is 201 g/mol. The van der Waals surface area contributed by atoms with E-state index in [0.717, 1.165) is 5.57 Å². The summed E-state index contributed by atoms with van der Waals surface area (Å²) in [5, 5.41) is 0. The Morgan fingerprint density at radius 3 is 2.81 bits per heavy atom. The minimum atomic E-state index is -0.258. The zero-order valence-electron chi connectivity index (χ0n) is 9.41. The SMILES string of the molecule is C=C/C=C\C(=C/C)Cc1c(N)cccc1F. The highest BCUT2D eigenvalue weighted by molar-refractivity contribution is 5.49. The molecule has 0 unspecified atom stereocenters. The summed E-state index contributed by atoms with van der Waals surface area (Å²) in [7, 11) is 0. The summed E-state index contributed by atoms with van der Waals surface area (Å²) in [4.78, 5) is 0. The van der Waals surface area contributed by atoms with Crippen LogP contribution in [0.25, 0.3) is 0 Å². The van der Waals surface area contributed by atoms with Crippen LogP contribution in [0.1, 0.15) is 12.5 Å². The summed E-state index contributed by atoms with van der Waals surface area (Å²) in [5.74, 6) is -0.258. The van der Waals surface area contributed by atoms with Gasteiger partial charge in [-0.15, -0.1) is 0 Å². The minimum absolute atomic E-state index is 0.258. The van der Waals surface area contributed by atoms with Crippen molar-refractivity contribution in [3.05, 3.63) is 66.0 Å². The number of hydrogen-bond acceptors (Lipinski definition) is 1. The molecule has 1 aromatic carbocycles. The molecule has 0 amide bonds. The molecule has 0 aliphatic carbocycles. The first-order chi connectivity index (χ1) is 7.69. The molecule has 0 atom stereocenters. The molecule has 0 aliphatic heterocycles. The molecule has 0 saturated carbocycles. The monoisotopic (exact) mass is 217 g/mol. The molecule has 0 aliphatic rings. The van der Waals surface area contributed by atoms with Crippen molar-refractivity contribution in [1.29, 1.82) is 0 Å². The molecule has 1 rings (SSSR count). The van der Waals surface area contributed by atoms with Gasteiger partial charge in [-0.1, -0.05) is 36.9 Å². The van der Waals surface area contributed by atoms with Crippen LogP contribution in [0.3, 0.4) is 0 Å². The maximum absolute atomic E-state index is 13.5. The van der Waals surface area contributed by atoms with Crippen LogP contribution < -0.4 is 5.73 Å². The molecule has 16 heavy (non-hydrogen) atoms. The highest BCUT2D eigenvalue weighted by Crippen LogP contribution is 2.19. The third-order valence-corrected chi connectivity index (χ3v) is 2.35. The molecule has 84 valence electrons. The van der Waals surface area contributed by atoms with E-state index in [2.05, 4.69) is 6.58 Å². The standard InChI is InChI=1S/C14H16FN/c1-3-5-7-11(4-2)10-12-13(15)8-6-9-14(12)16/h3-9H,1,10,16H2,2H3/b7-5-,11-4+. The topological polar surface area (TPSA) is 26.0 Å². The first-order valence-corrected chi connectivity index (χ1v) is 5.16. The van der Waals surface area contributed by atoms with Gasteiger partial charge in [0, 0.05) is 17.7 Å².